The molecule has 1 aromatic carbocycles. The van der Waals surface area contributed by atoms with Crippen LogP contribution in [0.15, 0.2) is 35.3 Å². The number of aliphatic carboxylic acids is 1. The van der Waals surface area contributed by atoms with Gasteiger partial charge in [-0.3, -0.25) is 9.59 Å². The number of nitrogen functional groups attached to an aromatic ring is 1. The molecule has 1 amide bonds. The second kappa shape index (κ2) is 9.64. The number of fused-ring (bicyclic) bond motifs is 1. The van der Waals surface area contributed by atoms with Crippen LogP contribution in [-0.4, -0.2) is 48.7 Å². The predicted molar refractivity (Wildman–Crippen MR) is 114 cm³/mol. The average molecular weight is 439 g/mol. The zero-order chi connectivity index (χ0) is 23.3. The molecule has 2 aliphatic heterocycles. The van der Waals surface area contributed by atoms with Crippen molar-refractivity contribution < 1.29 is 19.5 Å². The number of rotatable bonds is 9. The highest BCUT2D eigenvalue weighted by atomic mass is 16.4. The van der Waals surface area contributed by atoms with E-state index in [1.165, 1.54) is 19.1 Å². The van der Waals surface area contributed by atoms with Crippen molar-refractivity contribution in [2.45, 2.75) is 32.4 Å². The number of H-pyrrole nitrogens is 1. The van der Waals surface area contributed by atoms with Gasteiger partial charge in [0, 0.05) is 23.9 Å². The molecule has 1 aromatic rings. The zero-order valence-electron chi connectivity index (χ0n) is 17.1. The van der Waals surface area contributed by atoms with Gasteiger partial charge < -0.3 is 31.3 Å². The summed E-state index contributed by atoms with van der Waals surface area (Å²) in [5.41, 5.74) is 6.41. The Kier molecular flexibility index (Phi) is 6.73. The number of benzene rings is 1. The maximum absolute atomic E-state index is 12.3. The molecule has 166 valence electrons. The van der Waals surface area contributed by atoms with Crippen molar-refractivity contribution in [3.8, 4) is 11.5 Å². The molecule has 2 heterocycles. The summed E-state index contributed by atoms with van der Waals surface area (Å²) in [4.78, 5) is 61.1. The monoisotopic (exact) mass is 439 g/mol. The van der Waals surface area contributed by atoms with Crippen LogP contribution >= 0.6 is 0 Å². The van der Waals surface area contributed by atoms with Crippen LogP contribution < -0.4 is 21.9 Å². The Morgan fingerprint density at radius 2 is 1.88 bits per heavy atom. The van der Waals surface area contributed by atoms with Gasteiger partial charge in [0.2, 0.25) is 5.95 Å². The molecule has 2 aliphatic rings. The van der Waals surface area contributed by atoms with Crippen molar-refractivity contribution >= 4 is 29.3 Å². The van der Waals surface area contributed by atoms with E-state index in [1.54, 1.807) is 18.3 Å². The van der Waals surface area contributed by atoms with Gasteiger partial charge in [-0.05, 0) is 37.6 Å². The van der Waals surface area contributed by atoms with Crippen LogP contribution in [-0.2, 0) is 16.1 Å². The number of anilines is 2. The van der Waals surface area contributed by atoms with Crippen LogP contribution in [0, 0.1) is 0 Å². The summed E-state index contributed by atoms with van der Waals surface area (Å²) in [5, 5.41) is 14.7. The standard InChI is InChI=1S/C20H21N7O5/c1-10(28)2-7-14(19(31)32)25-17(29)11-3-5-12(6-4-11)22-8-13-9-23-16-15(24-13)18(30)27-20(21)26-16/h3-6,9,14,22H,2,7-8H2,1H3,(H,25,29)(H,31,32)(H3,21,23,26,27,30). The number of aromatic amines is 1. The molecule has 32 heavy (non-hydrogen) atoms. The van der Waals surface area contributed by atoms with Crippen molar-refractivity contribution in [3.05, 3.63) is 52.1 Å². The SMILES string of the molecule is CC(=O)CCC(NC(=O)c1ccc(NCc2c[nH]c3nc(N)nc(=O)c-3n2)cc1)C(=O)O. The van der Waals surface area contributed by atoms with Crippen LogP contribution in [0.25, 0.3) is 11.5 Å². The number of carbonyl (C=O) groups excluding carboxylic acids is 2. The molecule has 6 N–H and O–H groups in total. The number of Topliss-reactive ketones (excluding diaryl/α,β-unsaturated/α-hetero) is 1. The fourth-order valence-corrected chi connectivity index (χ4v) is 2.85. The number of nitrogens with zero attached hydrogens (tertiary/aromatic N) is 3. The summed E-state index contributed by atoms with van der Waals surface area (Å²) in [7, 11) is 0. The first-order valence-corrected chi connectivity index (χ1v) is 9.62. The molecule has 0 radical (unpaired) electrons. The predicted octanol–water partition coefficient (Wildman–Crippen LogP) is 0.411. The highest BCUT2D eigenvalue weighted by molar-refractivity contribution is 5.97. The Hall–Kier alpha value is -4.35. The van der Waals surface area contributed by atoms with Gasteiger partial charge in [0.25, 0.3) is 5.91 Å². The topological polar surface area (TPSA) is 193 Å². The number of carboxylic acid groups (broad SMARTS) is 1. The summed E-state index contributed by atoms with van der Waals surface area (Å²) in [5.74, 6) is -1.80. The van der Waals surface area contributed by atoms with E-state index in [9.17, 15) is 24.3 Å². The average Bonchev–Trinajstić information content (AvgIpc) is 2.75. The molecule has 1 atom stereocenters. The van der Waals surface area contributed by atoms with E-state index in [1.807, 2.05) is 0 Å². The zero-order valence-corrected chi connectivity index (χ0v) is 17.1. The number of amides is 1. The number of nitrogens with two attached hydrogens (primary N) is 1. The Labute approximate surface area is 181 Å². The normalized spacial score (nSPS) is 11.7. The summed E-state index contributed by atoms with van der Waals surface area (Å²) >= 11 is 0. The molecule has 12 nitrogen and oxygen atoms in total. The first-order valence-electron chi connectivity index (χ1n) is 9.62. The van der Waals surface area contributed by atoms with Crippen LogP contribution in [0.1, 0.15) is 35.8 Å². The number of nitrogens with one attached hydrogen (secondary N) is 3. The molecule has 0 aromatic heterocycles. The summed E-state index contributed by atoms with van der Waals surface area (Å²) in [6.07, 6.45) is 1.67. The van der Waals surface area contributed by atoms with Crippen LogP contribution in [0.4, 0.5) is 11.6 Å². The maximum Gasteiger partial charge on any atom is 0.326 e. The lowest BCUT2D eigenvalue weighted by molar-refractivity contribution is -0.139. The molecule has 3 rings (SSSR count). The Morgan fingerprint density at radius 3 is 2.53 bits per heavy atom. The lowest BCUT2D eigenvalue weighted by Crippen LogP contribution is -2.41. The molecule has 0 fully saturated rings. The van der Waals surface area contributed by atoms with Gasteiger partial charge in [-0.25, -0.2) is 9.78 Å². The first kappa shape index (κ1) is 22.3. The van der Waals surface area contributed by atoms with Crippen molar-refractivity contribution in [1.82, 2.24) is 25.3 Å². The number of ketones is 1. The van der Waals surface area contributed by atoms with Gasteiger partial charge in [-0.1, -0.05) is 0 Å². The van der Waals surface area contributed by atoms with Crippen LogP contribution in [0.5, 0.6) is 0 Å². The van der Waals surface area contributed by atoms with Gasteiger partial charge in [0.05, 0.1) is 12.2 Å². The van der Waals surface area contributed by atoms with Gasteiger partial charge in [-0.2, -0.15) is 9.97 Å². The number of hydrogen-bond acceptors (Lipinski definition) is 9. The quantitative estimate of drug-likeness (QED) is 0.312. The molecular formula is C20H21N7O5. The third-order valence-electron chi connectivity index (χ3n) is 4.51. The van der Waals surface area contributed by atoms with Gasteiger partial charge in [0.1, 0.15) is 11.8 Å². The molecule has 0 saturated heterocycles. The lowest BCUT2D eigenvalue weighted by Gasteiger charge is -2.14. The van der Waals surface area contributed by atoms with E-state index in [0.29, 0.717) is 11.4 Å². The van der Waals surface area contributed by atoms with E-state index < -0.39 is 23.5 Å². The minimum absolute atomic E-state index is 0.0223. The van der Waals surface area contributed by atoms with E-state index >= 15 is 0 Å². The van der Waals surface area contributed by atoms with E-state index in [0.717, 1.165) is 0 Å². The van der Waals surface area contributed by atoms with E-state index in [2.05, 4.69) is 30.6 Å². The minimum atomic E-state index is -1.20. The third kappa shape index (κ3) is 5.62. The summed E-state index contributed by atoms with van der Waals surface area (Å²) in [6, 6.07) is 5.22. The van der Waals surface area contributed by atoms with Crippen molar-refractivity contribution in [3.63, 3.8) is 0 Å². The van der Waals surface area contributed by atoms with Gasteiger partial charge >= 0.3 is 11.5 Å². The van der Waals surface area contributed by atoms with Gasteiger partial charge in [0.15, 0.2) is 11.5 Å². The Morgan fingerprint density at radius 1 is 1.16 bits per heavy atom. The second-order valence-corrected chi connectivity index (χ2v) is 7.01. The second-order valence-electron chi connectivity index (χ2n) is 7.01. The van der Waals surface area contributed by atoms with Crippen molar-refractivity contribution in [2.75, 3.05) is 11.1 Å². The smallest absolute Gasteiger partial charge is 0.326 e. The van der Waals surface area contributed by atoms with Crippen molar-refractivity contribution in [1.29, 1.82) is 0 Å². The minimum Gasteiger partial charge on any atom is -0.480 e. The molecule has 0 saturated carbocycles. The highest BCUT2D eigenvalue weighted by Gasteiger charge is 2.21. The maximum atomic E-state index is 12.3. The molecule has 0 aliphatic carbocycles. The Bertz CT molecular complexity index is 1180. The van der Waals surface area contributed by atoms with Crippen LogP contribution in [0.3, 0.4) is 0 Å². The first-order chi connectivity index (χ1) is 15.2. The molecule has 0 bridgehead atoms. The molecule has 12 heteroatoms. The van der Waals surface area contributed by atoms with Crippen LogP contribution in [0.2, 0.25) is 0 Å². The molecule has 0 spiro atoms. The van der Waals surface area contributed by atoms with Gasteiger partial charge in [-0.15, -0.1) is 0 Å². The fourth-order valence-electron chi connectivity index (χ4n) is 2.85. The van der Waals surface area contributed by atoms with E-state index in [4.69, 9.17) is 5.73 Å². The highest BCUT2D eigenvalue weighted by Crippen LogP contribution is 2.14. The number of carboxylic acids is 1. The number of aromatic nitrogens is 4. The third-order valence-corrected chi connectivity index (χ3v) is 4.51. The summed E-state index contributed by atoms with van der Waals surface area (Å²) < 4.78 is 0. The van der Waals surface area contributed by atoms with E-state index in [-0.39, 0.29) is 48.2 Å². The fraction of sp³-hybridized carbons (Fsp3) is 0.250. The Balaban J connectivity index is 1.62. The number of carbonyl (C=O) groups is 3. The lowest BCUT2D eigenvalue weighted by atomic mass is 10.1. The van der Waals surface area contributed by atoms with Crippen molar-refractivity contribution in [2.24, 2.45) is 0 Å². The number of hydrogen-bond donors (Lipinski definition) is 5. The largest absolute Gasteiger partial charge is 0.480 e. The molecule has 1 unspecified atom stereocenters. The molecular weight excluding hydrogens is 418 g/mol. The summed E-state index contributed by atoms with van der Waals surface area (Å²) in [6.45, 7) is 1.63.